The molecule has 3 nitrogen and oxygen atoms in total. The Bertz CT molecular complexity index is 428. The molecule has 0 aliphatic heterocycles. The molecule has 1 heterocycles. The number of nitrogens with one attached hydrogen (secondary N) is 1. The fourth-order valence-corrected chi connectivity index (χ4v) is 1.52. The van der Waals surface area contributed by atoms with E-state index in [2.05, 4.69) is 15.3 Å². The van der Waals surface area contributed by atoms with Gasteiger partial charge in [-0.15, -0.1) is 0 Å². The second-order valence-corrected chi connectivity index (χ2v) is 3.87. The molecule has 0 saturated heterocycles. The maximum absolute atomic E-state index is 5.81. The Kier molecular flexibility index (Phi) is 3.72. The molecule has 82 valence electrons. The Labute approximate surface area is 99.5 Å². The van der Waals surface area contributed by atoms with Gasteiger partial charge < -0.3 is 5.32 Å². The smallest absolute Gasteiger partial charge is 0.115 e. The average molecular weight is 234 g/mol. The average Bonchev–Trinajstić information content (AvgIpc) is 2.33. The first-order chi connectivity index (χ1) is 7.84. The first-order valence-electron chi connectivity index (χ1n) is 5.08. The Hall–Kier alpha value is -1.61. The van der Waals surface area contributed by atoms with E-state index in [1.165, 1.54) is 11.9 Å². The van der Waals surface area contributed by atoms with Crippen LogP contribution in [-0.4, -0.2) is 16.5 Å². The highest BCUT2D eigenvalue weighted by Crippen LogP contribution is 2.10. The molecule has 0 aliphatic rings. The van der Waals surface area contributed by atoms with Gasteiger partial charge in [0.1, 0.15) is 6.33 Å². The van der Waals surface area contributed by atoms with Gasteiger partial charge in [-0.25, -0.2) is 9.97 Å². The summed E-state index contributed by atoms with van der Waals surface area (Å²) in [6.07, 6.45) is 5.99. The van der Waals surface area contributed by atoms with Crippen molar-refractivity contribution in [3.05, 3.63) is 53.6 Å². The maximum atomic E-state index is 5.81. The van der Waals surface area contributed by atoms with Crippen molar-refractivity contribution in [3.8, 4) is 0 Å². The molecule has 1 aromatic carbocycles. The van der Waals surface area contributed by atoms with E-state index >= 15 is 0 Å². The topological polar surface area (TPSA) is 37.8 Å². The zero-order valence-corrected chi connectivity index (χ0v) is 9.48. The van der Waals surface area contributed by atoms with Crippen LogP contribution in [0.25, 0.3) is 0 Å². The normalized spacial score (nSPS) is 10.1. The van der Waals surface area contributed by atoms with Crippen LogP contribution in [0.2, 0.25) is 5.02 Å². The molecule has 0 amide bonds. The first-order valence-corrected chi connectivity index (χ1v) is 5.46. The van der Waals surface area contributed by atoms with Crippen LogP contribution in [0.5, 0.6) is 0 Å². The number of hydrogen-bond donors (Lipinski definition) is 1. The molecule has 4 heteroatoms. The van der Waals surface area contributed by atoms with Crippen molar-refractivity contribution >= 4 is 17.3 Å². The number of benzene rings is 1. The van der Waals surface area contributed by atoms with Crippen molar-refractivity contribution in [1.29, 1.82) is 0 Å². The zero-order chi connectivity index (χ0) is 11.2. The lowest BCUT2D eigenvalue weighted by Crippen LogP contribution is -2.05. The highest BCUT2D eigenvalue weighted by atomic mass is 35.5. The molecule has 2 rings (SSSR count). The van der Waals surface area contributed by atoms with Gasteiger partial charge in [-0.1, -0.05) is 23.7 Å². The molecular formula is C12H12ClN3. The van der Waals surface area contributed by atoms with Gasteiger partial charge in [0.25, 0.3) is 0 Å². The SMILES string of the molecule is Clc1ccc(CCNc2cncnc2)cc1. The van der Waals surface area contributed by atoms with Gasteiger partial charge in [0.15, 0.2) is 0 Å². The summed E-state index contributed by atoms with van der Waals surface area (Å²) in [6.45, 7) is 0.856. The van der Waals surface area contributed by atoms with Crippen molar-refractivity contribution in [3.63, 3.8) is 0 Å². The summed E-state index contributed by atoms with van der Waals surface area (Å²) in [4.78, 5) is 7.86. The molecule has 0 fully saturated rings. The minimum Gasteiger partial charge on any atom is -0.382 e. The third-order valence-electron chi connectivity index (χ3n) is 2.22. The lowest BCUT2D eigenvalue weighted by atomic mass is 10.1. The van der Waals surface area contributed by atoms with Crippen LogP contribution >= 0.6 is 11.6 Å². The van der Waals surface area contributed by atoms with Gasteiger partial charge in [0.2, 0.25) is 0 Å². The van der Waals surface area contributed by atoms with E-state index in [-0.39, 0.29) is 0 Å². The number of nitrogens with zero attached hydrogens (tertiary/aromatic N) is 2. The van der Waals surface area contributed by atoms with Crippen LogP contribution in [0.15, 0.2) is 43.0 Å². The van der Waals surface area contributed by atoms with Gasteiger partial charge in [-0.05, 0) is 24.1 Å². The van der Waals surface area contributed by atoms with Gasteiger partial charge in [0.05, 0.1) is 18.1 Å². The van der Waals surface area contributed by atoms with Gasteiger partial charge in [0, 0.05) is 11.6 Å². The highest BCUT2D eigenvalue weighted by Gasteiger charge is 1.94. The number of rotatable bonds is 4. The number of hydrogen-bond acceptors (Lipinski definition) is 3. The standard InChI is InChI=1S/C12H12ClN3/c13-11-3-1-10(2-4-11)5-6-16-12-7-14-9-15-8-12/h1-4,7-9,16H,5-6H2. The Morgan fingerprint density at radius 2 is 1.75 bits per heavy atom. The Balaban J connectivity index is 1.82. The summed E-state index contributed by atoms with van der Waals surface area (Å²) in [5.74, 6) is 0. The largest absolute Gasteiger partial charge is 0.382 e. The molecule has 1 N–H and O–H groups in total. The quantitative estimate of drug-likeness (QED) is 0.883. The van der Waals surface area contributed by atoms with E-state index in [4.69, 9.17) is 11.6 Å². The number of aromatic nitrogens is 2. The minimum absolute atomic E-state index is 0.771. The van der Waals surface area contributed by atoms with E-state index in [1.807, 2.05) is 24.3 Å². The molecule has 0 unspecified atom stereocenters. The molecule has 0 bridgehead atoms. The summed E-state index contributed by atoms with van der Waals surface area (Å²) in [5, 5.41) is 4.02. The molecule has 0 radical (unpaired) electrons. The van der Waals surface area contributed by atoms with Crippen molar-refractivity contribution in [1.82, 2.24) is 9.97 Å². The van der Waals surface area contributed by atoms with Gasteiger partial charge in [-0.2, -0.15) is 0 Å². The van der Waals surface area contributed by atoms with Crippen LogP contribution < -0.4 is 5.32 Å². The van der Waals surface area contributed by atoms with E-state index in [9.17, 15) is 0 Å². The van der Waals surface area contributed by atoms with Crippen LogP contribution in [0, 0.1) is 0 Å². The fourth-order valence-electron chi connectivity index (χ4n) is 1.39. The molecule has 2 aromatic rings. The molecule has 0 saturated carbocycles. The minimum atomic E-state index is 0.771. The van der Waals surface area contributed by atoms with Crippen molar-refractivity contribution in [2.75, 3.05) is 11.9 Å². The lowest BCUT2D eigenvalue weighted by molar-refractivity contribution is 1.01. The second-order valence-electron chi connectivity index (χ2n) is 3.43. The van der Waals surface area contributed by atoms with E-state index in [1.54, 1.807) is 12.4 Å². The van der Waals surface area contributed by atoms with Crippen molar-refractivity contribution in [2.45, 2.75) is 6.42 Å². The summed E-state index contributed by atoms with van der Waals surface area (Å²) in [7, 11) is 0. The van der Waals surface area contributed by atoms with Crippen LogP contribution in [0.3, 0.4) is 0 Å². The molecular weight excluding hydrogens is 222 g/mol. The lowest BCUT2D eigenvalue weighted by Gasteiger charge is -2.05. The number of anilines is 1. The highest BCUT2D eigenvalue weighted by molar-refractivity contribution is 6.30. The van der Waals surface area contributed by atoms with Crippen molar-refractivity contribution < 1.29 is 0 Å². The molecule has 0 atom stereocenters. The zero-order valence-electron chi connectivity index (χ0n) is 8.73. The maximum Gasteiger partial charge on any atom is 0.115 e. The summed E-state index contributed by atoms with van der Waals surface area (Å²) in [6, 6.07) is 7.88. The van der Waals surface area contributed by atoms with Crippen molar-refractivity contribution in [2.24, 2.45) is 0 Å². The van der Waals surface area contributed by atoms with E-state index in [0.29, 0.717) is 0 Å². The monoisotopic (exact) mass is 233 g/mol. The third-order valence-corrected chi connectivity index (χ3v) is 2.47. The van der Waals surface area contributed by atoms with Crippen LogP contribution in [0.4, 0.5) is 5.69 Å². The van der Waals surface area contributed by atoms with Gasteiger partial charge >= 0.3 is 0 Å². The molecule has 0 spiro atoms. The summed E-state index contributed by atoms with van der Waals surface area (Å²) >= 11 is 5.81. The van der Waals surface area contributed by atoms with E-state index in [0.717, 1.165) is 23.7 Å². The first kappa shape index (κ1) is 10.9. The second kappa shape index (κ2) is 5.47. The Morgan fingerprint density at radius 3 is 2.44 bits per heavy atom. The number of halogens is 1. The fraction of sp³-hybridized carbons (Fsp3) is 0.167. The van der Waals surface area contributed by atoms with Crippen LogP contribution in [0.1, 0.15) is 5.56 Å². The predicted molar refractivity (Wildman–Crippen MR) is 65.7 cm³/mol. The molecule has 1 aromatic heterocycles. The van der Waals surface area contributed by atoms with E-state index < -0.39 is 0 Å². The van der Waals surface area contributed by atoms with Crippen LogP contribution in [-0.2, 0) is 6.42 Å². The summed E-state index contributed by atoms with van der Waals surface area (Å²) in [5.41, 5.74) is 2.20. The molecule has 16 heavy (non-hydrogen) atoms. The third kappa shape index (κ3) is 3.21. The molecule has 0 aliphatic carbocycles. The van der Waals surface area contributed by atoms with Gasteiger partial charge in [-0.3, -0.25) is 0 Å². The summed E-state index contributed by atoms with van der Waals surface area (Å²) < 4.78 is 0. The predicted octanol–water partition coefficient (Wildman–Crippen LogP) is 2.78. The Morgan fingerprint density at radius 1 is 1.06 bits per heavy atom.